The van der Waals surface area contributed by atoms with Gasteiger partial charge in [0.05, 0.1) is 30.4 Å². The standard InChI is InChI=1S/C37H40F3N7O4/c1-3-27(2)47-35(48)46(26-42-47)32-11-9-30(10-12-32)43-19-21-44(22-20-43)31-13-15-33(16-14-31)49-23-34-24-50-36(51-34,25-45-18-4-17-41-45)28-5-7-29(8-6-28)37(38,39)40/h4-18,26-27,34H,3,19-25H2,1-2H3/t27?,34-,36-/m1/s1. The number of benzene rings is 3. The van der Waals surface area contributed by atoms with E-state index in [1.54, 1.807) is 34.0 Å². The summed E-state index contributed by atoms with van der Waals surface area (Å²) < 4.78 is 62.9. The summed E-state index contributed by atoms with van der Waals surface area (Å²) in [4.78, 5) is 17.5. The molecule has 51 heavy (non-hydrogen) atoms. The number of hydrogen-bond acceptors (Lipinski definition) is 8. The van der Waals surface area contributed by atoms with Crippen molar-refractivity contribution in [2.24, 2.45) is 0 Å². The monoisotopic (exact) mass is 703 g/mol. The first-order valence-corrected chi connectivity index (χ1v) is 17.1. The molecule has 2 saturated heterocycles. The number of ether oxygens (including phenoxy) is 3. The van der Waals surface area contributed by atoms with Crippen molar-refractivity contribution in [2.75, 3.05) is 49.2 Å². The SMILES string of the molecule is CCC(C)n1ncn(-c2ccc(N3CCN(c4ccc(OC[C@@H]5CO[C@@](Cn6cccn6)(c6ccc(C(F)(F)F)cc6)O5)cc4)CC3)cc2)c1=O. The van der Waals surface area contributed by atoms with Gasteiger partial charge in [-0.3, -0.25) is 4.68 Å². The topological polar surface area (TPSA) is 91.8 Å². The fourth-order valence-corrected chi connectivity index (χ4v) is 6.45. The maximum atomic E-state index is 13.2. The van der Waals surface area contributed by atoms with E-state index in [9.17, 15) is 18.0 Å². The summed E-state index contributed by atoms with van der Waals surface area (Å²) in [6.07, 6.45) is 0.889. The van der Waals surface area contributed by atoms with Crippen LogP contribution in [0.15, 0.2) is 102 Å². The zero-order chi connectivity index (χ0) is 35.6. The van der Waals surface area contributed by atoms with Crippen LogP contribution < -0.4 is 20.2 Å². The molecule has 0 aliphatic carbocycles. The normalized spacial score (nSPS) is 20.1. The molecule has 0 radical (unpaired) electrons. The van der Waals surface area contributed by atoms with E-state index >= 15 is 0 Å². The zero-order valence-electron chi connectivity index (χ0n) is 28.4. The lowest BCUT2D eigenvalue weighted by Gasteiger charge is -2.37. The molecule has 11 nitrogen and oxygen atoms in total. The summed E-state index contributed by atoms with van der Waals surface area (Å²) in [7, 11) is 0. The van der Waals surface area contributed by atoms with Crippen molar-refractivity contribution >= 4 is 11.4 Å². The Hall–Kier alpha value is -5.08. The van der Waals surface area contributed by atoms with E-state index in [2.05, 4.69) is 20.0 Å². The van der Waals surface area contributed by atoms with Crippen molar-refractivity contribution in [1.29, 1.82) is 0 Å². The van der Waals surface area contributed by atoms with Gasteiger partial charge in [0.15, 0.2) is 0 Å². The lowest BCUT2D eigenvalue weighted by molar-refractivity contribution is -0.191. The van der Waals surface area contributed by atoms with Crippen molar-refractivity contribution in [1.82, 2.24) is 24.1 Å². The molecule has 0 spiro atoms. The van der Waals surface area contributed by atoms with Gasteiger partial charge in [0.1, 0.15) is 24.8 Å². The molecule has 3 aromatic carbocycles. The van der Waals surface area contributed by atoms with Crippen LogP contribution in [-0.4, -0.2) is 69.6 Å². The third-order valence-electron chi connectivity index (χ3n) is 9.55. The summed E-state index contributed by atoms with van der Waals surface area (Å²) in [5.74, 6) is -0.636. The van der Waals surface area contributed by atoms with Gasteiger partial charge in [-0.25, -0.2) is 14.0 Å². The number of piperazine rings is 1. The van der Waals surface area contributed by atoms with Crippen LogP contribution in [0.2, 0.25) is 0 Å². The highest BCUT2D eigenvalue weighted by Crippen LogP contribution is 2.38. The Bertz CT molecular complexity index is 1940. The molecule has 268 valence electrons. The van der Waals surface area contributed by atoms with E-state index in [1.807, 2.05) is 62.4 Å². The van der Waals surface area contributed by atoms with Gasteiger partial charge in [0, 0.05) is 55.5 Å². The summed E-state index contributed by atoms with van der Waals surface area (Å²) in [5, 5.41) is 8.53. The van der Waals surface area contributed by atoms with Crippen LogP contribution in [0, 0.1) is 0 Å². The fraction of sp³-hybridized carbons (Fsp3) is 0.378. The molecule has 14 heteroatoms. The zero-order valence-corrected chi connectivity index (χ0v) is 28.4. The molecule has 0 bridgehead atoms. The highest BCUT2D eigenvalue weighted by molar-refractivity contribution is 5.54. The molecule has 3 atom stereocenters. The van der Waals surface area contributed by atoms with Crippen LogP contribution in [0.1, 0.15) is 37.4 Å². The van der Waals surface area contributed by atoms with Gasteiger partial charge in [-0.15, -0.1) is 0 Å². The summed E-state index contributed by atoms with van der Waals surface area (Å²) in [6, 6.07) is 22.6. The number of nitrogens with zero attached hydrogens (tertiary/aromatic N) is 7. The van der Waals surface area contributed by atoms with Crippen molar-refractivity contribution in [3.05, 3.63) is 119 Å². The number of hydrogen-bond donors (Lipinski definition) is 0. The third-order valence-corrected chi connectivity index (χ3v) is 9.55. The van der Waals surface area contributed by atoms with E-state index in [-0.39, 0.29) is 31.5 Å². The number of aromatic nitrogens is 5. The molecule has 0 saturated carbocycles. The van der Waals surface area contributed by atoms with Crippen LogP contribution in [0.3, 0.4) is 0 Å². The lowest BCUT2D eigenvalue weighted by Crippen LogP contribution is -2.46. The molecule has 0 amide bonds. The fourth-order valence-electron chi connectivity index (χ4n) is 6.45. The van der Waals surface area contributed by atoms with Crippen molar-refractivity contribution in [3.63, 3.8) is 0 Å². The molecule has 5 aromatic rings. The lowest BCUT2D eigenvalue weighted by atomic mass is 10.0. The Morgan fingerprint density at radius 2 is 1.53 bits per heavy atom. The Kier molecular flexibility index (Phi) is 9.62. The Balaban J connectivity index is 0.924. The average Bonchev–Trinajstić information content (AvgIpc) is 3.92. The highest BCUT2D eigenvalue weighted by atomic mass is 19.4. The predicted octanol–water partition coefficient (Wildman–Crippen LogP) is 5.89. The second-order valence-electron chi connectivity index (χ2n) is 12.9. The van der Waals surface area contributed by atoms with Gasteiger partial charge in [0.2, 0.25) is 5.79 Å². The first-order chi connectivity index (χ1) is 24.6. The van der Waals surface area contributed by atoms with Gasteiger partial charge < -0.3 is 24.0 Å². The summed E-state index contributed by atoms with van der Waals surface area (Å²) >= 11 is 0. The van der Waals surface area contributed by atoms with Crippen LogP contribution in [-0.2, 0) is 28.0 Å². The number of alkyl halides is 3. The maximum Gasteiger partial charge on any atom is 0.416 e. The number of rotatable bonds is 11. The van der Waals surface area contributed by atoms with Crippen molar-refractivity contribution < 1.29 is 27.4 Å². The molecule has 1 unspecified atom stereocenters. The smallest absolute Gasteiger partial charge is 0.416 e. The average molecular weight is 704 g/mol. The minimum Gasteiger partial charge on any atom is -0.491 e. The Labute approximate surface area is 293 Å². The molecule has 7 rings (SSSR count). The largest absolute Gasteiger partial charge is 0.491 e. The minimum atomic E-state index is -4.44. The second kappa shape index (κ2) is 14.3. The van der Waals surface area contributed by atoms with Crippen LogP contribution >= 0.6 is 0 Å². The first-order valence-electron chi connectivity index (χ1n) is 17.1. The molecule has 4 heterocycles. The molecular formula is C37H40F3N7O4. The van der Waals surface area contributed by atoms with Crippen LogP contribution in [0.25, 0.3) is 5.69 Å². The maximum absolute atomic E-state index is 13.2. The third kappa shape index (κ3) is 7.38. The molecule has 0 N–H and O–H groups in total. The number of anilines is 2. The van der Waals surface area contributed by atoms with Gasteiger partial charge in [-0.1, -0.05) is 19.1 Å². The number of halogens is 3. The van der Waals surface area contributed by atoms with Gasteiger partial charge >= 0.3 is 11.9 Å². The molecule has 2 aromatic heterocycles. The summed E-state index contributed by atoms with van der Waals surface area (Å²) in [5.41, 5.74) is 2.58. The first kappa shape index (κ1) is 34.4. The molecular weight excluding hydrogens is 663 g/mol. The van der Waals surface area contributed by atoms with Crippen molar-refractivity contribution in [2.45, 2.75) is 50.9 Å². The van der Waals surface area contributed by atoms with Gasteiger partial charge in [-0.05, 0) is 80.1 Å². The predicted molar refractivity (Wildman–Crippen MR) is 185 cm³/mol. The van der Waals surface area contributed by atoms with E-state index < -0.39 is 23.6 Å². The second-order valence-corrected chi connectivity index (χ2v) is 12.9. The van der Waals surface area contributed by atoms with Crippen LogP contribution in [0.4, 0.5) is 24.5 Å². The van der Waals surface area contributed by atoms with Gasteiger partial charge in [0.25, 0.3) is 0 Å². The summed E-state index contributed by atoms with van der Waals surface area (Å²) in [6.45, 7) is 7.98. The quantitative estimate of drug-likeness (QED) is 0.168. The Morgan fingerprint density at radius 3 is 2.12 bits per heavy atom. The Morgan fingerprint density at radius 1 is 0.902 bits per heavy atom. The van der Waals surface area contributed by atoms with E-state index in [1.165, 1.54) is 16.8 Å². The highest BCUT2D eigenvalue weighted by Gasteiger charge is 2.45. The van der Waals surface area contributed by atoms with Crippen molar-refractivity contribution in [3.8, 4) is 11.4 Å². The molecule has 2 aliphatic rings. The minimum absolute atomic E-state index is 0.0471. The van der Waals surface area contributed by atoms with Gasteiger partial charge in [-0.2, -0.15) is 23.4 Å². The molecule has 2 aliphatic heterocycles. The van der Waals surface area contributed by atoms with E-state index in [4.69, 9.17) is 14.2 Å². The van der Waals surface area contributed by atoms with E-state index in [0.29, 0.717) is 11.3 Å². The molecule has 2 fully saturated rings. The van der Waals surface area contributed by atoms with E-state index in [0.717, 1.165) is 61.8 Å². The van der Waals surface area contributed by atoms with Crippen LogP contribution in [0.5, 0.6) is 5.75 Å².